The molecule has 1 aromatic rings. The van der Waals surface area contributed by atoms with Gasteiger partial charge in [0.05, 0.1) is 4.90 Å². The van der Waals surface area contributed by atoms with E-state index in [1.165, 1.54) is 25.7 Å². The Bertz CT molecular complexity index is 535. The molecule has 0 aliphatic heterocycles. The van der Waals surface area contributed by atoms with Gasteiger partial charge in [0, 0.05) is 23.5 Å². The van der Waals surface area contributed by atoms with Gasteiger partial charge in [-0.3, -0.25) is 0 Å². The molecule has 1 saturated carbocycles. The third kappa shape index (κ3) is 4.63. The summed E-state index contributed by atoms with van der Waals surface area (Å²) in [5, 5.41) is 4.31. The van der Waals surface area contributed by atoms with E-state index >= 15 is 0 Å². The number of hydrogen-bond acceptors (Lipinski definition) is 4. The van der Waals surface area contributed by atoms with Crippen LogP contribution in [0.3, 0.4) is 0 Å². The molecule has 6 heteroatoms. The van der Waals surface area contributed by atoms with Gasteiger partial charge in [-0.25, -0.2) is 13.1 Å². The van der Waals surface area contributed by atoms with Crippen LogP contribution in [0, 0.1) is 0 Å². The number of sulfonamides is 1. The summed E-state index contributed by atoms with van der Waals surface area (Å²) in [6.07, 6.45) is 7.06. The van der Waals surface area contributed by atoms with Crippen LogP contribution in [-0.4, -0.2) is 32.5 Å². The normalized spacial score (nSPS) is 23.0. The summed E-state index contributed by atoms with van der Waals surface area (Å²) in [7, 11) is -3.35. The maximum Gasteiger partial charge on any atom is 0.240 e. The van der Waals surface area contributed by atoms with Crippen LogP contribution in [0.2, 0.25) is 0 Å². The molecule has 21 heavy (non-hydrogen) atoms. The fourth-order valence-corrected chi connectivity index (χ4v) is 4.47. The number of hydrogen-bond donors (Lipinski definition) is 2. The molecular weight excluding hydrogens is 304 g/mol. The molecule has 1 aliphatic carbocycles. The molecule has 2 rings (SSSR count). The van der Waals surface area contributed by atoms with Crippen LogP contribution in [-0.2, 0) is 10.0 Å². The molecule has 0 spiro atoms. The standard InChI is InChI=1S/C15H24N2O2S2/c1-3-16-21(18,19)15-10-6-13(7-11-15)17-12-4-8-14(20-2)9-5-12/h6-7,10-12,14,16-17H,3-5,8-9H2,1-2H3. The van der Waals surface area contributed by atoms with Crippen molar-refractivity contribution in [2.75, 3.05) is 18.1 Å². The zero-order chi connectivity index (χ0) is 15.3. The molecule has 1 fully saturated rings. The largest absolute Gasteiger partial charge is 0.382 e. The fraction of sp³-hybridized carbons (Fsp3) is 0.600. The SMILES string of the molecule is CCNS(=O)(=O)c1ccc(NC2CCC(SC)CC2)cc1. The molecule has 0 radical (unpaired) electrons. The summed E-state index contributed by atoms with van der Waals surface area (Å²) in [6.45, 7) is 2.18. The number of nitrogens with one attached hydrogen (secondary N) is 2. The fourth-order valence-electron chi connectivity index (χ4n) is 2.68. The Morgan fingerprint density at radius 2 is 1.76 bits per heavy atom. The smallest absolute Gasteiger partial charge is 0.240 e. The second-order valence-electron chi connectivity index (χ2n) is 5.38. The van der Waals surface area contributed by atoms with Gasteiger partial charge in [0.1, 0.15) is 0 Å². The van der Waals surface area contributed by atoms with Crippen LogP contribution in [0.1, 0.15) is 32.6 Å². The van der Waals surface area contributed by atoms with Crippen LogP contribution in [0.15, 0.2) is 29.2 Å². The molecule has 4 nitrogen and oxygen atoms in total. The van der Waals surface area contributed by atoms with Crippen molar-refractivity contribution in [2.45, 2.75) is 48.8 Å². The van der Waals surface area contributed by atoms with Crippen LogP contribution >= 0.6 is 11.8 Å². The lowest BCUT2D eigenvalue weighted by Gasteiger charge is -2.28. The summed E-state index contributed by atoms with van der Waals surface area (Å²) >= 11 is 1.96. The monoisotopic (exact) mass is 328 g/mol. The first-order valence-electron chi connectivity index (χ1n) is 7.44. The van der Waals surface area contributed by atoms with Gasteiger partial charge in [-0.15, -0.1) is 0 Å². The number of anilines is 1. The average molecular weight is 329 g/mol. The molecule has 0 unspecified atom stereocenters. The van der Waals surface area contributed by atoms with Gasteiger partial charge in [-0.2, -0.15) is 11.8 Å². The predicted octanol–water partition coefficient (Wildman–Crippen LogP) is 3.07. The Hall–Kier alpha value is -0.720. The van der Waals surface area contributed by atoms with E-state index in [1.807, 2.05) is 23.9 Å². The van der Waals surface area contributed by atoms with E-state index < -0.39 is 10.0 Å². The lowest BCUT2D eigenvalue weighted by Crippen LogP contribution is -2.27. The molecule has 118 valence electrons. The Morgan fingerprint density at radius 1 is 1.14 bits per heavy atom. The summed E-state index contributed by atoms with van der Waals surface area (Å²) in [5.41, 5.74) is 0.998. The van der Waals surface area contributed by atoms with Gasteiger partial charge < -0.3 is 5.32 Å². The molecule has 0 atom stereocenters. The molecule has 0 bridgehead atoms. The highest BCUT2D eigenvalue weighted by molar-refractivity contribution is 7.99. The molecule has 2 N–H and O–H groups in total. The highest BCUT2D eigenvalue weighted by atomic mass is 32.2. The van der Waals surface area contributed by atoms with Crippen LogP contribution in [0.5, 0.6) is 0 Å². The van der Waals surface area contributed by atoms with Crippen molar-refractivity contribution in [1.82, 2.24) is 4.72 Å². The second kappa shape index (κ2) is 7.51. The first-order valence-corrected chi connectivity index (χ1v) is 10.2. The molecule has 0 aromatic heterocycles. The van der Waals surface area contributed by atoms with Crippen LogP contribution in [0.25, 0.3) is 0 Å². The van der Waals surface area contributed by atoms with Gasteiger partial charge in [0.2, 0.25) is 10.0 Å². The van der Waals surface area contributed by atoms with E-state index in [2.05, 4.69) is 16.3 Å². The summed E-state index contributed by atoms with van der Waals surface area (Å²) in [6, 6.07) is 7.53. The van der Waals surface area contributed by atoms with E-state index in [0.29, 0.717) is 17.5 Å². The van der Waals surface area contributed by atoms with E-state index in [-0.39, 0.29) is 0 Å². The van der Waals surface area contributed by atoms with Gasteiger partial charge in [-0.05, 0) is 56.2 Å². The van der Waals surface area contributed by atoms with Gasteiger partial charge in [0.15, 0.2) is 0 Å². The Morgan fingerprint density at radius 3 is 2.29 bits per heavy atom. The third-order valence-corrected chi connectivity index (χ3v) is 6.58. The maximum atomic E-state index is 11.9. The van der Waals surface area contributed by atoms with Crippen molar-refractivity contribution < 1.29 is 8.42 Å². The number of thioether (sulfide) groups is 1. The van der Waals surface area contributed by atoms with Gasteiger partial charge in [-0.1, -0.05) is 6.92 Å². The Balaban J connectivity index is 1.94. The quantitative estimate of drug-likeness (QED) is 0.842. The molecule has 1 aromatic carbocycles. The second-order valence-corrected chi connectivity index (χ2v) is 8.28. The molecule has 0 heterocycles. The summed E-state index contributed by atoms with van der Waals surface area (Å²) in [5.74, 6) is 0. The Labute approximate surface area is 132 Å². The van der Waals surface area contributed by atoms with Crippen LogP contribution < -0.4 is 10.0 Å². The van der Waals surface area contributed by atoms with E-state index in [0.717, 1.165) is 10.9 Å². The van der Waals surface area contributed by atoms with Crippen molar-refractivity contribution in [1.29, 1.82) is 0 Å². The third-order valence-electron chi connectivity index (χ3n) is 3.88. The minimum absolute atomic E-state index is 0.320. The highest BCUT2D eigenvalue weighted by Gasteiger charge is 2.20. The molecule has 1 aliphatic rings. The van der Waals surface area contributed by atoms with E-state index in [4.69, 9.17) is 0 Å². The van der Waals surface area contributed by atoms with Crippen LogP contribution in [0.4, 0.5) is 5.69 Å². The van der Waals surface area contributed by atoms with Gasteiger partial charge in [0.25, 0.3) is 0 Å². The zero-order valence-electron chi connectivity index (χ0n) is 12.6. The lowest BCUT2D eigenvalue weighted by atomic mass is 9.95. The van der Waals surface area contributed by atoms with Crippen molar-refractivity contribution in [3.05, 3.63) is 24.3 Å². The maximum absolute atomic E-state index is 11.9. The van der Waals surface area contributed by atoms with E-state index in [1.54, 1.807) is 19.1 Å². The number of rotatable bonds is 6. The van der Waals surface area contributed by atoms with Crippen molar-refractivity contribution >= 4 is 27.5 Å². The van der Waals surface area contributed by atoms with Crippen molar-refractivity contribution in [2.24, 2.45) is 0 Å². The van der Waals surface area contributed by atoms with E-state index in [9.17, 15) is 8.42 Å². The summed E-state index contributed by atoms with van der Waals surface area (Å²) in [4.78, 5) is 0.320. The highest BCUT2D eigenvalue weighted by Crippen LogP contribution is 2.28. The average Bonchev–Trinajstić information content (AvgIpc) is 2.48. The molecule has 0 saturated heterocycles. The van der Waals surface area contributed by atoms with Crippen molar-refractivity contribution in [3.63, 3.8) is 0 Å². The zero-order valence-corrected chi connectivity index (χ0v) is 14.3. The number of benzene rings is 1. The molecular formula is C15H24N2O2S2. The Kier molecular flexibility index (Phi) is 5.96. The minimum Gasteiger partial charge on any atom is -0.382 e. The summed E-state index contributed by atoms with van der Waals surface area (Å²) < 4.78 is 26.2. The van der Waals surface area contributed by atoms with Gasteiger partial charge >= 0.3 is 0 Å². The predicted molar refractivity (Wildman–Crippen MR) is 90.5 cm³/mol. The topological polar surface area (TPSA) is 58.2 Å². The first kappa shape index (κ1) is 16.6. The first-order chi connectivity index (χ1) is 10.0. The van der Waals surface area contributed by atoms with Crippen molar-refractivity contribution in [3.8, 4) is 0 Å². The lowest BCUT2D eigenvalue weighted by molar-refractivity contribution is 0.473. The minimum atomic E-state index is -3.35. The molecule has 0 amide bonds.